The zero-order valence-corrected chi connectivity index (χ0v) is 11.2. The Labute approximate surface area is 111 Å². The molecule has 0 aliphatic carbocycles. The Hall–Kier alpha value is -1.48. The molecule has 92 valence electrons. The van der Waals surface area contributed by atoms with Crippen molar-refractivity contribution in [2.24, 2.45) is 0 Å². The van der Waals surface area contributed by atoms with E-state index in [2.05, 4.69) is 35.8 Å². The third-order valence-electron chi connectivity index (χ3n) is 3.37. The number of benzene rings is 1. The van der Waals surface area contributed by atoms with E-state index in [1.165, 1.54) is 17.0 Å². The molecule has 1 aliphatic heterocycles. The molecule has 0 saturated heterocycles. The molecule has 0 amide bonds. The molecule has 2 nitrogen and oxygen atoms in total. The van der Waals surface area contributed by atoms with E-state index in [1.807, 2.05) is 12.1 Å². The fourth-order valence-corrected chi connectivity index (χ4v) is 3.38. The second kappa shape index (κ2) is 4.65. The van der Waals surface area contributed by atoms with E-state index >= 15 is 0 Å². The summed E-state index contributed by atoms with van der Waals surface area (Å²) in [5, 5.41) is 0. The van der Waals surface area contributed by atoms with Crippen molar-refractivity contribution in [1.29, 1.82) is 0 Å². The van der Waals surface area contributed by atoms with Gasteiger partial charge in [-0.25, -0.2) is 0 Å². The van der Waals surface area contributed by atoms with Gasteiger partial charge in [0.25, 0.3) is 0 Å². The Kier molecular flexibility index (Phi) is 3.00. The van der Waals surface area contributed by atoms with Crippen LogP contribution in [0, 0.1) is 6.92 Å². The highest BCUT2D eigenvalue weighted by Gasteiger charge is 2.22. The van der Waals surface area contributed by atoms with Crippen molar-refractivity contribution in [2.45, 2.75) is 19.2 Å². The Morgan fingerprint density at radius 2 is 2.00 bits per heavy atom. The van der Waals surface area contributed by atoms with E-state index in [4.69, 9.17) is 0 Å². The molecule has 0 fully saturated rings. The minimum absolute atomic E-state index is 0.274. The lowest BCUT2D eigenvalue weighted by Gasteiger charge is -2.15. The van der Waals surface area contributed by atoms with Crippen LogP contribution < -0.4 is 0 Å². The maximum atomic E-state index is 11.9. The van der Waals surface area contributed by atoms with Gasteiger partial charge in [-0.2, -0.15) is 0 Å². The van der Waals surface area contributed by atoms with Crippen LogP contribution >= 0.6 is 11.8 Å². The number of nitrogens with zero attached hydrogens (tertiary/aromatic N) is 1. The standard InChI is InChI=1S/C15H15NOS/c1-11-7-13-14(9-18-10-15(13)17)16(11)8-12-5-3-2-4-6-12/h2-7H,8-10H2,1H3. The summed E-state index contributed by atoms with van der Waals surface area (Å²) in [5.74, 6) is 1.85. The Balaban J connectivity index is 2.00. The zero-order chi connectivity index (χ0) is 12.5. The highest BCUT2D eigenvalue weighted by molar-refractivity contribution is 7.99. The number of hydrogen-bond acceptors (Lipinski definition) is 2. The van der Waals surface area contributed by atoms with Crippen LogP contribution in [0.3, 0.4) is 0 Å². The van der Waals surface area contributed by atoms with E-state index < -0.39 is 0 Å². The lowest BCUT2D eigenvalue weighted by Crippen LogP contribution is -2.14. The van der Waals surface area contributed by atoms with Crippen molar-refractivity contribution in [1.82, 2.24) is 4.57 Å². The molecular formula is C15H15NOS. The first-order valence-electron chi connectivity index (χ1n) is 6.09. The van der Waals surface area contributed by atoms with Crippen LogP contribution in [-0.2, 0) is 12.3 Å². The van der Waals surface area contributed by atoms with Crippen molar-refractivity contribution in [3.63, 3.8) is 0 Å². The fourth-order valence-electron chi connectivity index (χ4n) is 2.43. The first-order chi connectivity index (χ1) is 8.75. The van der Waals surface area contributed by atoms with Gasteiger partial charge in [0.15, 0.2) is 5.78 Å². The van der Waals surface area contributed by atoms with E-state index in [9.17, 15) is 4.79 Å². The molecule has 2 heterocycles. The smallest absolute Gasteiger partial charge is 0.174 e. The Morgan fingerprint density at radius 3 is 2.78 bits per heavy atom. The van der Waals surface area contributed by atoms with Gasteiger partial charge < -0.3 is 4.57 Å². The van der Waals surface area contributed by atoms with Crippen LogP contribution in [0.1, 0.15) is 27.3 Å². The first-order valence-corrected chi connectivity index (χ1v) is 7.25. The quantitative estimate of drug-likeness (QED) is 0.823. The van der Waals surface area contributed by atoms with Gasteiger partial charge in [0.05, 0.1) is 5.75 Å². The average molecular weight is 257 g/mol. The molecule has 0 spiro atoms. The van der Waals surface area contributed by atoms with Crippen molar-refractivity contribution in [3.05, 3.63) is 58.9 Å². The lowest BCUT2D eigenvalue weighted by atomic mass is 10.1. The lowest BCUT2D eigenvalue weighted by molar-refractivity contribution is 0.102. The predicted octanol–water partition coefficient (Wildman–Crippen LogP) is 3.27. The van der Waals surface area contributed by atoms with Crippen molar-refractivity contribution < 1.29 is 4.79 Å². The van der Waals surface area contributed by atoms with E-state index in [0.717, 1.165) is 17.9 Å². The van der Waals surface area contributed by atoms with Gasteiger partial charge in [0, 0.05) is 29.2 Å². The van der Waals surface area contributed by atoms with Gasteiger partial charge in [-0.3, -0.25) is 4.79 Å². The maximum Gasteiger partial charge on any atom is 0.174 e. The predicted molar refractivity (Wildman–Crippen MR) is 75.2 cm³/mol. The van der Waals surface area contributed by atoms with Crippen LogP contribution in [0.4, 0.5) is 0 Å². The van der Waals surface area contributed by atoms with Crippen LogP contribution in [-0.4, -0.2) is 16.1 Å². The zero-order valence-electron chi connectivity index (χ0n) is 10.3. The fraction of sp³-hybridized carbons (Fsp3) is 0.267. The second-order valence-corrected chi connectivity index (χ2v) is 5.62. The summed E-state index contributed by atoms with van der Waals surface area (Å²) < 4.78 is 2.27. The third kappa shape index (κ3) is 1.99. The van der Waals surface area contributed by atoms with Gasteiger partial charge >= 0.3 is 0 Å². The second-order valence-electron chi connectivity index (χ2n) is 4.63. The number of rotatable bonds is 2. The molecule has 2 aromatic rings. The summed E-state index contributed by atoms with van der Waals surface area (Å²) >= 11 is 1.71. The summed E-state index contributed by atoms with van der Waals surface area (Å²) in [6, 6.07) is 12.4. The highest BCUT2D eigenvalue weighted by atomic mass is 32.2. The minimum Gasteiger partial charge on any atom is -0.343 e. The van der Waals surface area contributed by atoms with Gasteiger partial charge in [-0.1, -0.05) is 30.3 Å². The van der Waals surface area contributed by atoms with Crippen LogP contribution in [0.2, 0.25) is 0 Å². The number of ketones is 1. The molecule has 0 bridgehead atoms. The van der Waals surface area contributed by atoms with Crippen molar-refractivity contribution in [3.8, 4) is 0 Å². The number of carbonyl (C=O) groups is 1. The number of aromatic nitrogens is 1. The molecule has 18 heavy (non-hydrogen) atoms. The van der Waals surface area contributed by atoms with E-state index in [-0.39, 0.29) is 5.78 Å². The molecule has 0 atom stereocenters. The molecule has 0 unspecified atom stereocenters. The van der Waals surface area contributed by atoms with Crippen molar-refractivity contribution in [2.75, 3.05) is 5.75 Å². The SMILES string of the molecule is Cc1cc2c(n1Cc1ccccc1)CSCC2=O. The molecule has 1 aromatic heterocycles. The molecule has 0 N–H and O–H groups in total. The van der Waals surface area contributed by atoms with Gasteiger partial charge in [-0.15, -0.1) is 11.8 Å². The Morgan fingerprint density at radius 1 is 1.22 bits per heavy atom. The molecule has 0 saturated carbocycles. The topological polar surface area (TPSA) is 22.0 Å². The average Bonchev–Trinajstić information content (AvgIpc) is 2.70. The molecule has 1 aromatic carbocycles. The summed E-state index contributed by atoms with van der Waals surface area (Å²) in [5.41, 5.74) is 4.58. The number of aryl methyl sites for hydroxylation is 1. The monoisotopic (exact) mass is 257 g/mol. The molecule has 1 aliphatic rings. The summed E-state index contributed by atoms with van der Waals surface area (Å²) in [6.45, 7) is 2.94. The number of thioether (sulfide) groups is 1. The highest BCUT2D eigenvalue weighted by Crippen LogP contribution is 2.28. The molecular weight excluding hydrogens is 242 g/mol. The number of hydrogen-bond donors (Lipinski definition) is 0. The minimum atomic E-state index is 0.274. The number of fused-ring (bicyclic) bond motifs is 1. The van der Waals surface area contributed by atoms with Crippen molar-refractivity contribution >= 4 is 17.5 Å². The van der Waals surface area contributed by atoms with Crippen LogP contribution in [0.15, 0.2) is 36.4 Å². The van der Waals surface area contributed by atoms with Gasteiger partial charge in [-0.05, 0) is 18.6 Å². The normalized spacial score (nSPS) is 14.6. The molecule has 3 rings (SSSR count). The third-order valence-corrected chi connectivity index (χ3v) is 4.32. The summed E-state index contributed by atoms with van der Waals surface area (Å²) in [4.78, 5) is 11.9. The van der Waals surface area contributed by atoms with Crippen LogP contribution in [0.25, 0.3) is 0 Å². The maximum absolute atomic E-state index is 11.9. The summed E-state index contributed by atoms with van der Waals surface area (Å²) in [6.07, 6.45) is 0. The van der Waals surface area contributed by atoms with Crippen LogP contribution in [0.5, 0.6) is 0 Å². The van der Waals surface area contributed by atoms with E-state index in [0.29, 0.717) is 5.75 Å². The Bertz CT molecular complexity index is 586. The summed E-state index contributed by atoms with van der Waals surface area (Å²) in [7, 11) is 0. The number of Topliss-reactive ketones (excluding diaryl/α,β-unsaturated/α-hetero) is 1. The van der Waals surface area contributed by atoms with Gasteiger partial charge in [0.1, 0.15) is 0 Å². The largest absolute Gasteiger partial charge is 0.343 e. The van der Waals surface area contributed by atoms with Gasteiger partial charge in [0.2, 0.25) is 0 Å². The van der Waals surface area contributed by atoms with E-state index in [1.54, 1.807) is 11.8 Å². The molecule has 0 radical (unpaired) electrons. The molecule has 3 heteroatoms. The number of carbonyl (C=O) groups excluding carboxylic acids is 1. The first kappa shape index (κ1) is 11.6.